The molecule has 0 aromatic heterocycles. The molecule has 0 spiro atoms. The Balaban J connectivity index is 2.14. The summed E-state index contributed by atoms with van der Waals surface area (Å²) in [7, 11) is 0. The van der Waals surface area contributed by atoms with Crippen molar-refractivity contribution in [3.63, 3.8) is 0 Å². The van der Waals surface area contributed by atoms with Crippen LogP contribution in [0, 0.1) is 0 Å². The summed E-state index contributed by atoms with van der Waals surface area (Å²) in [6.45, 7) is 3.51. The van der Waals surface area contributed by atoms with E-state index in [1.807, 2.05) is 0 Å². The van der Waals surface area contributed by atoms with Crippen LogP contribution in [0.15, 0.2) is 36.5 Å². The van der Waals surface area contributed by atoms with Crippen molar-refractivity contribution in [2.75, 3.05) is 13.2 Å². The maximum Gasteiger partial charge on any atom is 0.249 e. The number of unbranched alkanes of at least 4 members (excludes halogenated alkanes) is 56. The average Bonchev–Trinajstić information content (AvgIpc) is 0.903. The summed E-state index contributed by atoms with van der Waals surface area (Å²) in [6, 6.07) is -1.20. The quantitative estimate of drug-likeness (QED) is 0.0215. The van der Waals surface area contributed by atoms with Crippen LogP contribution in [0.25, 0.3) is 0 Å². The van der Waals surface area contributed by atoms with Crippen LogP contribution in [0.2, 0.25) is 0 Å². The second kappa shape index (κ2) is 71.2. The van der Waals surface area contributed by atoms with E-state index >= 15 is 0 Å². The van der Waals surface area contributed by atoms with Crippen LogP contribution < -0.4 is 5.32 Å². The Morgan fingerprint density at radius 2 is 0.638 bits per heavy atom. The molecular weight excluding hydrogens is 1170 g/mol. The number of ether oxygens (including phenoxy) is 2. The zero-order valence-electron chi connectivity index (χ0n) is 62.0. The number of hydrogen-bond donors (Lipinski definition) is 8. The van der Waals surface area contributed by atoms with E-state index in [2.05, 4.69) is 55.6 Å². The molecule has 1 fully saturated rings. The second-order valence-corrected chi connectivity index (χ2v) is 29.2. The predicted molar refractivity (Wildman–Crippen MR) is 399 cm³/mol. The highest BCUT2D eigenvalue weighted by Gasteiger charge is 2.44. The van der Waals surface area contributed by atoms with E-state index in [4.69, 9.17) is 9.47 Å². The Morgan fingerprint density at radius 1 is 0.362 bits per heavy atom. The molecule has 1 amide bonds. The van der Waals surface area contributed by atoms with Gasteiger partial charge >= 0.3 is 0 Å². The van der Waals surface area contributed by atoms with Crippen LogP contribution in [-0.4, -0.2) is 110 Å². The number of nitrogens with one attached hydrogen (secondary N) is 1. The average molecular weight is 1330 g/mol. The lowest BCUT2D eigenvalue weighted by Gasteiger charge is -2.40. The Morgan fingerprint density at radius 3 is 0.947 bits per heavy atom. The Kier molecular flexibility index (Phi) is 68.4. The fourth-order valence-electron chi connectivity index (χ4n) is 13.6. The van der Waals surface area contributed by atoms with E-state index in [1.54, 1.807) is 0 Å². The van der Waals surface area contributed by atoms with Crippen molar-refractivity contribution in [3.8, 4) is 0 Å². The van der Waals surface area contributed by atoms with E-state index in [-0.39, 0.29) is 12.8 Å². The molecule has 8 N–H and O–H groups in total. The first-order chi connectivity index (χ1) is 46.2. The fourth-order valence-corrected chi connectivity index (χ4v) is 13.6. The molecule has 9 atom stereocenters. The zero-order chi connectivity index (χ0) is 68.1. The molecule has 556 valence electrons. The highest BCUT2D eigenvalue weighted by Crippen LogP contribution is 2.24. The van der Waals surface area contributed by atoms with Crippen LogP contribution >= 0.6 is 0 Å². The smallest absolute Gasteiger partial charge is 0.249 e. The Labute approximate surface area is 581 Å². The summed E-state index contributed by atoms with van der Waals surface area (Å²) >= 11 is 0. The first-order valence-electron chi connectivity index (χ1n) is 41.4. The van der Waals surface area contributed by atoms with Crippen molar-refractivity contribution in [2.24, 2.45) is 0 Å². The fraction of sp³-hybridized carbons (Fsp3) is 0.916. The van der Waals surface area contributed by atoms with Crippen molar-refractivity contribution in [1.29, 1.82) is 0 Å². The molecule has 11 heteroatoms. The lowest BCUT2D eigenvalue weighted by molar-refractivity contribution is -0.303. The Hall–Kier alpha value is -1.67. The molecule has 1 heterocycles. The minimum atomic E-state index is -1.67. The van der Waals surface area contributed by atoms with Gasteiger partial charge in [-0.3, -0.25) is 4.79 Å². The van der Waals surface area contributed by atoms with Crippen molar-refractivity contribution in [1.82, 2.24) is 5.32 Å². The van der Waals surface area contributed by atoms with E-state index in [9.17, 15) is 40.5 Å². The van der Waals surface area contributed by atoms with Crippen molar-refractivity contribution in [2.45, 2.75) is 473 Å². The summed E-state index contributed by atoms with van der Waals surface area (Å²) in [5.74, 6) is -0.704. The summed E-state index contributed by atoms with van der Waals surface area (Å²) in [5.41, 5.74) is 0. The third-order valence-corrected chi connectivity index (χ3v) is 20.2. The van der Waals surface area contributed by atoms with Gasteiger partial charge in [-0.1, -0.05) is 391 Å². The summed E-state index contributed by atoms with van der Waals surface area (Å²) in [4.78, 5) is 13.3. The molecule has 1 saturated heterocycles. The molecule has 11 nitrogen and oxygen atoms in total. The van der Waals surface area contributed by atoms with Gasteiger partial charge in [-0.25, -0.2) is 0 Å². The van der Waals surface area contributed by atoms with Crippen LogP contribution in [0.3, 0.4) is 0 Å². The van der Waals surface area contributed by atoms with Gasteiger partial charge in [-0.05, 0) is 64.2 Å². The van der Waals surface area contributed by atoms with Crippen molar-refractivity contribution in [3.05, 3.63) is 36.5 Å². The van der Waals surface area contributed by atoms with Gasteiger partial charge in [0.25, 0.3) is 0 Å². The normalized spacial score (nSPS) is 18.3. The second-order valence-electron chi connectivity index (χ2n) is 29.2. The van der Waals surface area contributed by atoms with Crippen LogP contribution in [0.1, 0.15) is 418 Å². The molecule has 1 aliphatic rings. The topological polar surface area (TPSA) is 189 Å². The van der Waals surface area contributed by atoms with E-state index < -0.39 is 74.2 Å². The number of carbonyl (C=O) groups excluding carboxylic acids is 1. The van der Waals surface area contributed by atoms with E-state index in [0.717, 1.165) is 44.9 Å². The van der Waals surface area contributed by atoms with Crippen molar-refractivity contribution >= 4 is 5.91 Å². The SMILES string of the molecule is CCCCCCCCCCCCCCCCCCCC/C=C/CC/C=C/CC/C=C/CCCC(O)C(O)C(COC1OC(CO)C(O)C(O)C1O)NC(=O)C(O)CCCCCCCCCCCCCCCCCCCCCCCCCCCCCCCCCCCCCC. The minimum Gasteiger partial charge on any atom is -0.394 e. The van der Waals surface area contributed by atoms with Gasteiger partial charge in [0.2, 0.25) is 5.91 Å². The van der Waals surface area contributed by atoms with Gasteiger partial charge < -0.3 is 50.5 Å². The number of aliphatic hydroxyl groups is 7. The van der Waals surface area contributed by atoms with Gasteiger partial charge in [0.05, 0.1) is 25.4 Å². The van der Waals surface area contributed by atoms with E-state index in [1.165, 1.54) is 327 Å². The van der Waals surface area contributed by atoms with Gasteiger partial charge in [0.1, 0.15) is 36.6 Å². The molecule has 0 saturated carbocycles. The summed E-state index contributed by atoms with van der Waals surface area (Å²) in [5, 5.41) is 76.7. The molecule has 94 heavy (non-hydrogen) atoms. The number of hydrogen-bond acceptors (Lipinski definition) is 10. The number of aliphatic hydroxyl groups excluding tert-OH is 7. The molecule has 0 aromatic carbocycles. The summed E-state index contributed by atoms with van der Waals surface area (Å²) < 4.78 is 11.2. The van der Waals surface area contributed by atoms with Gasteiger partial charge in [-0.15, -0.1) is 0 Å². The lowest BCUT2D eigenvalue weighted by Crippen LogP contribution is -2.60. The van der Waals surface area contributed by atoms with Crippen LogP contribution in [0.5, 0.6) is 0 Å². The number of rotatable bonds is 74. The molecule has 1 rings (SSSR count). The van der Waals surface area contributed by atoms with Crippen LogP contribution in [-0.2, 0) is 14.3 Å². The van der Waals surface area contributed by atoms with Gasteiger partial charge in [-0.2, -0.15) is 0 Å². The highest BCUT2D eigenvalue weighted by molar-refractivity contribution is 5.80. The first-order valence-corrected chi connectivity index (χ1v) is 41.4. The maximum absolute atomic E-state index is 13.3. The number of carbonyl (C=O) groups is 1. The van der Waals surface area contributed by atoms with Crippen LogP contribution in [0.4, 0.5) is 0 Å². The third-order valence-electron chi connectivity index (χ3n) is 20.2. The van der Waals surface area contributed by atoms with Crippen molar-refractivity contribution < 1.29 is 50.0 Å². The number of amides is 1. The molecule has 0 bridgehead atoms. The Bertz CT molecular complexity index is 1630. The molecule has 0 aromatic rings. The predicted octanol–water partition coefficient (Wildman–Crippen LogP) is 21.7. The molecular formula is C83H159NO10. The minimum absolute atomic E-state index is 0.243. The largest absolute Gasteiger partial charge is 0.394 e. The maximum atomic E-state index is 13.3. The first kappa shape index (κ1) is 90.3. The lowest BCUT2D eigenvalue weighted by atomic mass is 9.98. The molecule has 0 aliphatic carbocycles. The number of allylic oxidation sites excluding steroid dienone is 6. The highest BCUT2D eigenvalue weighted by atomic mass is 16.7. The molecule has 1 aliphatic heterocycles. The van der Waals surface area contributed by atoms with Gasteiger partial charge in [0.15, 0.2) is 6.29 Å². The molecule has 0 radical (unpaired) electrons. The standard InChI is InChI=1S/C83H159NO10/c1-3-5-7-9-11-13-15-17-19-21-23-25-27-29-31-33-35-36-37-38-39-41-43-45-47-49-51-53-55-57-59-61-63-65-67-69-71-76(87)82(92)84-74(73-93-83-81(91)80(90)79(89)77(72-85)94-83)78(88)75(86)70-68-66-64-62-60-58-56-54-52-50-48-46-44-42-40-34-32-30-28-26-24-22-20-18-16-14-12-10-8-6-4-2/h46,48,54,56,62,64,74-81,83,85-91H,3-45,47,49-53,55,57-61,63,65-73H2,1-2H3,(H,84,92)/b48-46+,56-54+,64-62+. The van der Waals surface area contributed by atoms with Gasteiger partial charge in [0, 0.05) is 0 Å². The zero-order valence-corrected chi connectivity index (χ0v) is 62.0. The summed E-state index contributed by atoms with van der Waals surface area (Å²) in [6.07, 6.45) is 82.9. The monoisotopic (exact) mass is 1330 g/mol. The van der Waals surface area contributed by atoms with E-state index in [0.29, 0.717) is 19.3 Å². The third kappa shape index (κ3) is 57.1. The molecule has 9 unspecified atom stereocenters.